The maximum atomic E-state index is 12.8. The van der Waals surface area contributed by atoms with Crippen molar-refractivity contribution in [3.63, 3.8) is 0 Å². The highest BCUT2D eigenvalue weighted by Crippen LogP contribution is 2.35. The Morgan fingerprint density at radius 1 is 1.30 bits per heavy atom. The van der Waals surface area contributed by atoms with Gasteiger partial charge in [0.2, 0.25) is 0 Å². The number of nitrogens with zero attached hydrogens (tertiary/aromatic N) is 1. The van der Waals surface area contributed by atoms with Crippen molar-refractivity contribution in [2.24, 2.45) is 0 Å². The molecule has 0 radical (unpaired) electrons. The number of nitrogens with one attached hydrogen (secondary N) is 1. The zero-order valence-corrected chi connectivity index (χ0v) is 17.3. The van der Waals surface area contributed by atoms with Crippen LogP contribution in [0.25, 0.3) is 0 Å². The van der Waals surface area contributed by atoms with Crippen LogP contribution in [-0.4, -0.2) is 37.8 Å². The van der Waals surface area contributed by atoms with E-state index in [4.69, 9.17) is 9.47 Å². The van der Waals surface area contributed by atoms with Crippen LogP contribution in [0.1, 0.15) is 58.5 Å². The Balaban J connectivity index is 1.77. The minimum atomic E-state index is -0.111. The monoisotopic (exact) mass is 388 g/mol. The van der Waals surface area contributed by atoms with Crippen LogP contribution in [0.4, 0.5) is 0 Å². The maximum absolute atomic E-state index is 12.8. The third-order valence-electron chi connectivity index (χ3n) is 5.25. The van der Waals surface area contributed by atoms with E-state index in [0.29, 0.717) is 25.7 Å². The van der Waals surface area contributed by atoms with Crippen molar-refractivity contribution >= 4 is 17.2 Å². The second-order valence-corrected chi connectivity index (χ2v) is 8.46. The molecule has 0 spiro atoms. The molecule has 1 aromatic heterocycles. The third kappa shape index (κ3) is 4.33. The zero-order chi connectivity index (χ0) is 19.4. The Labute approximate surface area is 165 Å². The molecule has 5 nitrogen and oxygen atoms in total. The van der Waals surface area contributed by atoms with Gasteiger partial charge in [-0.05, 0) is 37.5 Å². The topological polar surface area (TPSA) is 60.5 Å². The first-order valence-corrected chi connectivity index (χ1v) is 10.2. The smallest absolute Gasteiger partial charge is 0.263 e. The molecule has 1 saturated heterocycles. The summed E-state index contributed by atoms with van der Waals surface area (Å²) < 4.78 is 10.9. The summed E-state index contributed by atoms with van der Waals surface area (Å²) in [5, 5.41) is 4.18. The van der Waals surface area contributed by atoms with Gasteiger partial charge in [0.25, 0.3) is 5.91 Å². The van der Waals surface area contributed by atoms with E-state index in [0.717, 1.165) is 34.2 Å². The van der Waals surface area contributed by atoms with Crippen LogP contribution in [0, 0.1) is 6.92 Å². The highest BCUT2D eigenvalue weighted by atomic mass is 32.1. The Morgan fingerprint density at radius 3 is 2.52 bits per heavy atom. The van der Waals surface area contributed by atoms with Gasteiger partial charge in [0.15, 0.2) is 0 Å². The zero-order valence-electron chi connectivity index (χ0n) is 16.5. The molecule has 3 rings (SSSR count). The molecule has 6 heteroatoms. The summed E-state index contributed by atoms with van der Waals surface area (Å²) in [6, 6.07) is 8.17. The van der Waals surface area contributed by atoms with Crippen molar-refractivity contribution < 1.29 is 14.3 Å². The van der Waals surface area contributed by atoms with E-state index in [-0.39, 0.29) is 11.3 Å². The molecule has 0 atom stereocenters. The van der Waals surface area contributed by atoms with E-state index >= 15 is 0 Å². The van der Waals surface area contributed by atoms with E-state index in [9.17, 15) is 4.79 Å². The Hall–Kier alpha value is -1.92. The third-order valence-corrected chi connectivity index (χ3v) is 6.71. The largest absolute Gasteiger partial charge is 0.497 e. The number of benzene rings is 1. The lowest BCUT2D eigenvalue weighted by Crippen LogP contribution is -2.44. The number of thiazole rings is 1. The van der Waals surface area contributed by atoms with E-state index in [1.54, 1.807) is 7.11 Å². The Bertz CT molecular complexity index is 777. The molecule has 2 aromatic rings. The number of rotatable bonds is 6. The number of aromatic nitrogens is 1. The van der Waals surface area contributed by atoms with Crippen LogP contribution in [0.15, 0.2) is 24.3 Å². The van der Waals surface area contributed by atoms with Crippen molar-refractivity contribution in [2.75, 3.05) is 26.9 Å². The van der Waals surface area contributed by atoms with Gasteiger partial charge in [-0.15, -0.1) is 11.3 Å². The van der Waals surface area contributed by atoms with E-state index in [2.05, 4.69) is 36.3 Å². The first kappa shape index (κ1) is 19.8. The molecular formula is C21H28N2O3S. The fourth-order valence-electron chi connectivity index (χ4n) is 3.48. The maximum Gasteiger partial charge on any atom is 0.263 e. The molecule has 1 N–H and O–H groups in total. The summed E-state index contributed by atoms with van der Waals surface area (Å²) >= 11 is 1.50. The number of hydrogen-bond donors (Lipinski definition) is 1. The second kappa shape index (κ2) is 8.40. The summed E-state index contributed by atoms with van der Waals surface area (Å²) in [4.78, 5) is 18.1. The Kier molecular flexibility index (Phi) is 6.17. The number of carbonyl (C=O) groups is 1. The molecular weight excluding hydrogens is 360 g/mol. The first-order chi connectivity index (χ1) is 12.9. The normalized spacial score (nSPS) is 16.3. The van der Waals surface area contributed by atoms with Crippen LogP contribution < -0.4 is 10.1 Å². The minimum Gasteiger partial charge on any atom is -0.497 e. The number of carbonyl (C=O) groups excluding carboxylic acids is 1. The van der Waals surface area contributed by atoms with Crippen molar-refractivity contribution in [3.8, 4) is 5.75 Å². The van der Waals surface area contributed by atoms with Gasteiger partial charge in [-0.1, -0.05) is 26.0 Å². The molecule has 1 fully saturated rings. The highest BCUT2D eigenvalue weighted by molar-refractivity contribution is 7.13. The van der Waals surface area contributed by atoms with E-state index in [1.165, 1.54) is 16.9 Å². The summed E-state index contributed by atoms with van der Waals surface area (Å²) in [6.45, 7) is 8.11. The predicted molar refractivity (Wildman–Crippen MR) is 108 cm³/mol. The molecule has 146 valence electrons. The fraction of sp³-hybridized carbons (Fsp3) is 0.524. The van der Waals surface area contributed by atoms with E-state index < -0.39 is 0 Å². The number of ether oxygens (including phenoxy) is 2. The molecule has 0 bridgehead atoms. The average molecular weight is 389 g/mol. The summed E-state index contributed by atoms with van der Waals surface area (Å²) in [6.07, 6.45) is 1.77. The average Bonchev–Trinajstić information content (AvgIpc) is 3.09. The van der Waals surface area contributed by atoms with Crippen LogP contribution in [-0.2, 0) is 10.2 Å². The van der Waals surface area contributed by atoms with Gasteiger partial charge in [-0.3, -0.25) is 4.79 Å². The molecule has 0 saturated carbocycles. The summed E-state index contributed by atoms with van der Waals surface area (Å²) in [5.74, 6) is 1.14. The molecule has 0 aliphatic carbocycles. The van der Waals surface area contributed by atoms with Crippen molar-refractivity contribution in [2.45, 2.75) is 44.9 Å². The summed E-state index contributed by atoms with van der Waals surface area (Å²) in [5.41, 5.74) is 1.92. The first-order valence-electron chi connectivity index (χ1n) is 9.43. The predicted octanol–water partition coefficient (Wildman–Crippen LogP) is 4.06. The highest BCUT2D eigenvalue weighted by Gasteiger charge is 2.35. The van der Waals surface area contributed by atoms with Crippen LogP contribution in [0.2, 0.25) is 0 Å². The number of methoxy groups -OCH3 is 1. The molecule has 1 amide bonds. The quantitative estimate of drug-likeness (QED) is 0.811. The van der Waals surface area contributed by atoms with Gasteiger partial charge in [0, 0.05) is 31.1 Å². The van der Waals surface area contributed by atoms with Gasteiger partial charge >= 0.3 is 0 Å². The van der Waals surface area contributed by atoms with Gasteiger partial charge in [-0.25, -0.2) is 4.98 Å². The SMILES string of the molecule is COc1ccc(C2(CNC(=O)c3sc(C(C)C)nc3C)CCOCC2)cc1. The molecule has 1 aromatic carbocycles. The van der Waals surface area contributed by atoms with Crippen molar-refractivity contribution in [3.05, 3.63) is 45.4 Å². The van der Waals surface area contributed by atoms with Crippen LogP contribution in [0.5, 0.6) is 5.75 Å². The molecule has 1 aliphatic heterocycles. The van der Waals surface area contributed by atoms with Crippen molar-refractivity contribution in [1.29, 1.82) is 0 Å². The molecule has 0 unspecified atom stereocenters. The van der Waals surface area contributed by atoms with Crippen LogP contribution >= 0.6 is 11.3 Å². The minimum absolute atomic E-state index is 0.0312. The second-order valence-electron chi connectivity index (χ2n) is 7.43. The lowest BCUT2D eigenvalue weighted by Gasteiger charge is -2.38. The number of amides is 1. The van der Waals surface area contributed by atoms with Gasteiger partial charge in [0.05, 0.1) is 17.8 Å². The Morgan fingerprint density at radius 2 is 1.96 bits per heavy atom. The van der Waals surface area contributed by atoms with Gasteiger partial charge in [-0.2, -0.15) is 0 Å². The summed E-state index contributed by atoms with van der Waals surface area (Å²) in [7, 11) is 1.67. The lowest BCUT2D eigenvalue weighted by molar-refractivity contribution is 0.0487. The lowest BCUT2D eigenvalue weighted by atomic mass is 9.74. The van der Waals surface area contributed by atoms with Gasteiger partial charge in [0.1, 0.15) is 10.6 Å². The van der Waals surface area contributed by atoms with E-state index in [1.807, 2.05) is 19.1 Å². The molecule has 1 aliphatic rings. The van der Waals surface area contributed by atoms with Gasteiger partial charge < -0.3 is 14.8 Å². The molecule has 2 heterocycles. The fourth-order valence-corrected chi connectivity index (χ4v) is 4.46. The number of hydrogen-bond acceptors (Lipinski definition) is 5. The number of aryl methyl sites for hydroxylation is 1. The molecule has 27 heavy (non-hydrogen) atoms. The van der Waals surface area contributed by atoms with Crippen LogP contribution in [0.3, 0.4) is 0 Å². The van der Waals surface area contributed by atoms with Crippen molar-refractivity contribution in [1.82, 2.24) is 10.3 Å². The standard InChI is InChI=1S/C21H28N2O3S/c1-14(2)20-23-15(3)18(27-20)19(24)22-13-21(9-11-26-12-10-21)16-5-7-17(25-4)8-6-16/h5-8,14H,9-13H2,1-4H3,(H,22,24).